The Labute approximate surface area is 170 Å². The van der Waals surface area contributed by atoms with E-state index in [1.165, 1.54) is 0 Å². The van der Waals surface area contributed by atoms with Gasteiger partial charge in [-0.1, -0.05) is 60.7 Å². The fourth-order valence-electron chi connectivity index (χ4n) is 2.97. The third kappa shape index (κ3) is 5.94. The van der Waals surface area contributed by atoms with E-state index in [0.717, 1.165) is 16.9 Å². The van der Waals surface area contributed by atoms with Crippen molar-refractivity contribution < 1.29 is 14.3 Å². The van der Waals surface area contributed by atoms with Gasteiger partial charge < -0.3 is 15.4 Å². The van der Waals surface area contributed by atoms with Crippen molar-refractivity contribution in [3.05, 3.63) is 102 Å². The first-order valence-electron chi connectivity index (χ1n) is 9.46. The number of nitrogens with one attached hydrogen (secondary N) is 2. The van der Waals surface area contributed by atoms with Crippen molar-refractivity contribution in [2.45, 2.75) is 19.0 Å². The van der Waals surface area contributed by atoms with Gasteiger partial charge in [-0.05, 0) is 35.4 Å². The standard InChI is InChI=1S/C24H24N2O3/c1-29-21-14-12-18(13-15-21)17-25-23(27)16-22(19-8-4-2-5-9-19)26-24(28)20-10-6-3-7-11-20/h2-15,22H,16-17H2,1H3,(H,25,27)(H,26,28)/t22-/m0/s1. The molecule has 0 saturated heterocycles. The van der Waals surface area contributed by atoms with Crippen LogP contribution in [0.4, 0.5) is 0 Å². The van der Waals surface area contributed by atoms with Gasteiger partial charge in [-0.2, -0.15) is 0 Å². The van der Waals surface area contributed by atoms with Crippen LogP contribution in [0.3, 0.4) is 0 Å². The van der Waals surface area contributed by atoms with E-state index >= 15 is 0 Å². The molecule has 0 radical (unpaired) electrons. The van der Waals surface area contributed by atoms with Crippen molar-refractivity contribution in [1.29, 1.82) is 0 Å². The first-order chi connectivity index (χ1) is 14.2. The van der Waals surface area contributed by atoms with Gasteiger partial charge in [0.25, 0.3) is 5.91 Å². The Bertz CT molecular complexity index is 925. The molecule has 0 heterocycles. The van der Waals surface area contributed by atoms with Crippen LogP contribution >= 0.6 is 0 Å². The van der Waals surface area contributed by atoms with Crippen molar-refractivity contribution in [3.8, 4) is 5.75 Å². The molecule has 0 unspecified atom stereocenters. The van der Waals surface area contributed by atoms with E-state index in [4.69, 9.17) is 4.74 Å². The summed E-state index contributed by atoms with van der Waals surface area (Å²) in [4.78, 5) is 25.1. The molecule has 29 heavy (non-hydrogen) atoms. The molecule has 1 atom stereocenters. The van der Waals surface area contributed by atoms with Crippen LogP contribution in [0.5, 0.6) is 5.75 Å². The highest BCUT2D eigenvalue weighted by molar-refractivity contribution is 5.94. The highest BCUT2D eigenvalue weighted by Gasteiger charge is 2.19. The zero-order chi connectivity index (χ0) is 20.5. The van der Waals surface area contributed by atoms with Gasteiger partial charge >= 0.3 is 0 Å². The molecule has 148 valence electrons. The number of carbonyl (C=O) groups is 2. The highest BCUT2D eigenvalue weighted by Crippen LogP contribution is 2.18. The Hall–Kier alpha value is -3.60. The van der Waals surface area contributed by atoms with Gasteiger partial charge in [0, 0.05) is 12.1 Å². The second kappa shape index (κ2) is 10.1. The Balaban J connectivity index is 1.64. The lowest BCUT2D eigenvalue weighted by Gasteiger charge is -2.19. The van der Waals surface area contributed by atoms with Crippen LogP contribution in [0.2, 0.25) is 0 Å². The molecular weight excluding hydrogens is 364 g/mol. The van der Waals surface area contributed by atoms with E-state index in [2.05, 4.69) is 10.6 Å². The smallest absolute Gasteiger partial charge is 0.251 e. The molecule has 0 aliphatic rings. The van der Waals surface area contributed by atoms with E-state index in [-0.39, 0.29) is 18.2 Å². The predicted molar refractivity (Wildman–Crippen MR) is 113 cm³/mol. The van der Waals surface area contributed by atoms with Gasteiger partial charge in [0.2, 0.25) is 5.91 Å². The largest absolute Gasteiger partial charge is 0.497 e. The fraction of sp³-hybridized carbons (Fsp3) is 0.167. The van der Waals surface area contributed by atoms with Gasteiger partial charge in [-0.3, -0.25) is 9.59 Å². The van der Waals surface area contributed by atoms with Gasteiger partial charge in [0.1, 0.15) is 5.75 Å². The fourth-order valence-corrected chi connectivity index (χ4v) is 2.97. The molecule has 0 aliphatic heterocycles. The van der Waals surface area contributed by atoms with E-state index in [1.807, 2.05) is 72.8 Å². The summed E-state index contributed by atoms with van der Waals surface area (Å²) >= 11 is 0. The molecule has 2 N–H and O–H groups in total. The van der Waals surface area contributed by atoms with Crippen molar-refractivity contribution in [2.75, 3.05) is 7.11 Å². The maximum absolute atomic E-state index is 12.6. The average Bonchev–Trinajstić information content (AvgIpc) is 2.78. The van der Waals surface area contributed by atoms with Crippen LogP contribution in [0.25, 0.3) is 0 Å². The minimum atomic E-state index is -0.417. The van der Waals surface area contributed by atoms with E-state index in [9.17, 15) is 9.59 Å². The first-order valence-corrected chi connectivity index (χ1v) is 9.46. The van der Waals surface area contributed by atoms with Crippen molar-refractivity contribution in [3.63, 3.8) is 0 Å². The second-order valence-corrected chi connectivity index (χ2v) is 6.63. The molecule has 3 rings (SSSR count). The van der Waals surface area contributed by atoms with Crippen molar-refractivity contribution in [2.24, 2.45) is 0 Å². The maximum Gasteiger partial charge on any atom is 0.251 e. The van der Waals surface area contributed by atoms with Crippen molar-refractivity contribution >= 4 is 11.8 Å². The zero-order valence-corrected chi connectivity index (χ0v) is 16.3. The van der Waals surface area contributed by atoms with Crippen LogP contribution < -0.4 is 15.4 Å². The molecule has 0 spiro atoms. The first kappa shape index (κ1) is 20.1. The number of hydrogen-bond acceptors (Lipinski definition) is 3. The summed E-state index contributed by atoms with van der Waals surface area (Å²) in [5.41, 5.74) is 2.42. The summed E-state index contributed by atoms with van der Waals surface area (Å²) in [5.74, 6) is 0.429. The minimum absolute atomic E-state index is 0.136. The lowest BCUT2D eigenvalue weighted by Crippen LogP contribution is -2.33. The molecule has 5 nitrogen and oxygen atoms in total. The monoisotopic (exact) mass is 388 g/mol. The van der Waals surface area contributed by atoms with Gasteiger partial charge in [0.15, 0.2) is 0 Å². The maximum atomic E-state index is 12.6. The number of carbonyl (C=O) groups excluding carboxylic acids is 2. The third-order valence-electron chi connectivity index (χ3n) is 4.58. The SMILES string of the molecule is COc1ccc(CNC(=O)C[C@H](NC(=O)c2ccccc2)c2ccccc2)cc1. The molecular formula is C24H24N2O3. The van der Waals surface area contributed by atoms with Gasteiger partial charge in [-0.15, -0.1) is 0 Å². The lowest BCUT2D eigenvalue weighted by atomic mass is 10.0. The van der Waals surface area contributed by atoms with E-state index in [0.29, 0.717) is 12.1 Å². The summed E-state index contributed by atoms with van der Waals surface area (Å²) in [7, 11) is 1.62. The normalized spacial score (nSPS) is 11.3. The van der Waals surface area contributed by atoms with Crippen LogP contribution in [-0.2, 0) is 11.3 Å². The number of methoxy groups -OCH3 is 1. The number of benzene rings is 3. The topological polar surface area (TPSA) is 67.4 Å². The highest BCUT2D eigenvalue weighted by atomic mass is 16.5. The predicted octanol–water partition coefficient (Wildman–Crippen LogP) is 3.87. The van der Waals surface area contributed by atoms with Crippen LogP contribution in [0.1, 0.15) is 33.9 Å². The van der Waals surface area contributed by atoms with Crippen LogP contribution in [0.15, 0.2) is 84.9 Å². The van der Waals surface area contributed by atoms with Crippen molar-refractivity contribution in [1.82, 2.24) is 10.6 Å². The van der Waals surface area contributed by atoms with Crippen LogP contribution in [0, 0.1) is 0 Å². The molecule has 0 bridgehead atoms. The molecule has 3 aromatic carbocycles. The Morgan fingerprint density at radius 2 is 1.48 bits per heavy atom. The van der Waals surface area contributed by atoms with Gasteiger partial charge in [-0.25, -0.2) is 0 Å². The Morgan fingerprint density at radius 1 is 0.862 bits per heavy atom. The summed E-state index contributed by atoms with van der Waals surface area (Å²) in [6.45, 7) is 0.414. The quantitative estimate of drug-likeness (QED) is 0.616. The number of rotatable bonds is 8. The summed E-state index contributed by atoms with van der Waals surface area (Å²) < 4.78 is 5.14. The van der Waals surface area contributed by atoms with E-state index < -0.39 is 6.04 Å². The number of ether oxygens (including phenoxy) is 1. The second-order valence-electron chi connectivity index (χ2n) is 6.63. The zero-order valence-electron chi connectivity index (χ0n) is 16.3. The van der Waals surface area contributed by atoms with Crippen LogP contribution in [-0.4, -0.2) is 18.9 Å². The molecule has 3 aromatic rings. The van der Waals surface area contributed by atoms with E-state index in [1.54, 1.807) is 19.2 Å². The Morgan fingerprint density at radius 3 is 2.10 bits per heavy atom. The molecule has 2 amide bonds. The third-order valence-corrected chi connectivity index (χ3v) is 4.58. The summed E-state index contributed by atoms with van der Waals surface area (Å²) in [5, 5.41) is 5.90. The molecule has 0 fully saturated rings. The number of amides is 2. The summed E-state index contributed by atoms with van der Waals surface area (Å²) in [6, 6.07) is 25.6. The molecule has 0 aromatic heterocycles. The Kier molecular flexibility index (Phi) is 7.00. The molecule has 0 aliphatic carbocycles. The number of hydrogen-bond donors (Lipinski definition) is 2. The van der Waals surface area contributed by atoms with Gasteiger partial charge in [0.05, 0.1) is 19.6 Å². The molecule has 5 heteroatoms. The summed E-state index contributed by atoms with van der Waals surface area (Å²) in [6.07, 6.45) is 0.152. The molecule has 0 saturated carbocycles. The minimum Gasteiger partial charge on any atom is -0.497 e. The lowest BCUT2D eigenvalue weighted by molar-refractivity contribution is -0.121. The average molecular weight is 388 g/mol.